The van der Waals surface area contributed by atoms with Crippen LogP contribution in [0.4, 0.5) is 10.1 Å². The first-order chi connectivity index (χ1) is 8.90. The van der Waals surface area contributed by atoms with Gasteiger partial charge in [-0.25, -0.2) is 12.8 Å². The van der Waals surface area contributed by atoms with Crippen LogP contribution in [0.2, 0.25) is 5.02 Å². The molecule has 0 radical (unpaired) electrons. The maximum absolute atomic E-state index is 13.6. The summed E-state index contributed by atoms with van der Waals surface area (Å²) in [6, 6.07) is 5.29. The van der Waals surface area contributed by atoms with E-state index in [9.17, 15) is 12.8 Å². The summed E-state index contributed by atoms with van der Waals surface area (Å²) < 4.78 is 40.0. The van der Waals surface area contributed by atoms with Crippen molar-refractivity contribution in [2.45, 2.75) is 11.8 Å². The molecular weight excluding hydrogens is 291 g/mol. The highest BCUT2D eigenvalue weighted by Gasteiger charge is 2.20. The second kappa shape index (κ2) is 5.14. The molecule has 0 unspecified atom stereocenters. The summed E-state index contributed by atoms with van der Waals surface area (Å²) in [6.45, 7) is 1.68. The molecule has 0 aliphatic carbocycles. The highest BCUT2D eigenvalue weighted by Crippen LogP contribution is 2.24. The van der Waals surface area contributed by atoms with Gasteiger partial charge < -0.3 is 0 Å². The van der Waals surface area contributed by atoms with Crippen molar-refractivity contribution in [2.24, 2.45) is 0 Å². The minimum atomic E-state index is -4.04. The predicted octanol–water partition coefficient (Wildman–Crippen LogP) is 2.98. The van der Waals surface area contributed by atoms with Crippen molar-refractivity contribution in [3.8, 4) is 0 Å². The zero-order valence-corrected chi connectivity index (χ0v) is 11.5. The Balaban J connectivity index is 2.44. The van der Waals surface area contributed by atoms with Crippen LogP contribution in [0.25, 0.3) is 0 Å². The third-order valence-electron chi connectivity index (χ3n) is 2.39. The molecule has 0 atom stereocenters. The topological polar surface area (TPSA) is 59.1 Å². The summed E-state index contributed by atoms with van der Waals surface area (Å²) in [7, 11) is -4.04. The van der Waals surface area contributed by atoms with Gasteiger partial charge in [-0.15, -0.1) is 0 Å². The van der Waals surface area contributed by atoms with E-state index < -0.39 is 20.7 Å². The minimum absolute atomic E-state index is 0.102. The van der Waals surface area contributed by atoms with E-state index in [0.717, 1.165) is 6.07 Å². The van der Waals surface area contributed by atoms with E-state index >= 15 is 0 Å². The van der Waals surface area contributed by atoms with Crippen molar-refractivity contribution < 1.29 is 12.8 Å². The molecular formula is C12H10ClFN2O2S. The van der Waals surface area contributed by atoms with Gasteiger partial charge in [0.05, 0.1) is 16.9 Å². The number of aryl methyl sites for hydroxylation is 1. The Morgan fingerprint density at radius 1 is 1.32 bits per heavy atom. The molecule has 0 aliphatic heterocycles. The number of nitrogens with one attached hydrogen (secondary N) is 1. The maximum Gasteiger partial charge on any atom is 0.264 e. The molecule has 0 saturated heterocycles. The number of sulfonamides is 1. The van der Waals surface area contributed by atoms with E-state index in [1.807, 2.05) is 0 Å². The molecule has 0 aliphatic rings. The molecule has 7 heteroatoms. The van der Waals surface area contributed by atoms with Crippen molar-refractivity contribution in [1.29, 1.82) is 0 Å². The summed E-state index contributed by atoms with van der Waals surface area (Å²) in [5.41, 5.74) is 0.740. The number of anilines is 1. The number of rotatable bonds is 3. The quantitative estimate of drug-likeness (QED) is 0.948. The summed E-state index contributed by atoms with van der Waals surface area (Å²) in [5, 5.41) is 0.187. The Hall–Kier alpha value is -1.66. The number of benzene rings is 1. The van der Waals surface area contributed by atoms with E-state index in [0.29, 0.717) is 5.56 Å². The normalized spacial score (nSPS) is 11.3. The van der Waals surface area contributed by atoms with Gasteiger partial charge in [0.1, 0.15) is 10.7 Å². The van der Waals surface area contributed by atoms with Crippen LogP contribution in [0.15, 0.2) is 41.6 Å². The SMILES string of the molecule is Cc1ccc(F)c(S(=O)(=O)Nc2cnccc2Cl)c1. The average Bonchev–Trinajstić information content (AvgIpc) is 2.35. The van der Waals surface area contributed by atoms with Crippen molar-refractivity contribution in [3.05, 3.63) is 53.1 Å². The van der Waals surface area contributed by atoms with Gasteiger partial charge in [-0.1, -0.05) is 17.7 Å². The van der Waals surface area contributed by atoms with Crippen LogP contribution in [-0.4, -0.2) is 13.4 Å². The van der Waals surface area contributed by atoms with Crippen LogP contribution in [-0.2, 0) is 10.0 Å². The third-order valence-corrected chi connectivity index (χ3v) is 4.10. The Labute approximate surface area is 115 Å². The van der Waals surface area contributed by atoms with Gasteiger partial charge in [0.25, 0.3) is 10.0 Å². The van der Waals surface area contributed by atoms with Gasteiger partial charge in [0, 0.05) is 6.20 Å². The van der Waals surface area contributed by atoms with Gasteiger partial charge in [0.2, 0.25) is 0 Å². The van der Waals surface area contributed by atoms with Crippen LogP contribution >= 0.6 is 11.6 Å². The number of aromatic nitrogens is 1. The Kier molecular flexibility index (Phi) is 3.73. The fourth-order valence-electron chi connectivity index (χ4n) is 1.47. The molecule has 0 spiro atoms. The Morgan fingerprint density at radius 3 is 2.74 bits per heavy atom. The molecule has 4 nitrogen and oxygen atoms in total. The molecule has 1 aromatic heterocycles. The smallest absolute Gasteiger partial charge is 0.264 e. The van der Waals surface area contributed by atoms with Gasteiger partial charge >= 0.3 is 0 Å². The zero-order chi connectivity index (χ0) is 14.0. The molecule has 0 amide bonds. The Morgan fingerprint density at radius 2 is 2.05 bits per heavy atom. The zero-order valence-electron chi connectivity index (χ0n) is 9.89. The number of nitrogens with zero attached hydrogens (tertiary/aromatic N) is 1. The minimum Gasteiger partial charge on any atom is -0.276 e. The first-order valence-corrected chi connectivity index (χ1v) is 7.15. The van der Waals surface area contributed by atoms with Crippen LogP contribution < -0.4 is 4.72 Å². The number of halogens is 2. The van der Waals surface area contributed by atoms with Gasteiger partial charge in [-0.05, 0) is 30.7 Å². The van der Waals surface area contributed by atoms with Gasteiger partial charge in [-0.2, -0.15) is 0 Å². The molecule has 0 saturated carbocycles. The molecule has 1 N–H and O–H groups in total. The molecule has 2 rings (SSSR count). The summed E-state index contributed by atoms with van der Waals surface area (Å²) in [6.07, 6.45) is 2.68. The lowest BCUT2D eigenvalue weighted by molar-refractivity contribution is 0.570. The monoisotopic (exact) mass is 300 g/mol. The van der Waals surface area contributed by atoms with E-state index in [-0.39, 0.29) is 10.7 Å². The standard InChI is InChI=1S/C12H10ClFN2O2S/c1-8-2-3-10(14)12(6-8)19(17,18)16-11-7-15-5-4-9(11)13/h2-7,16H,1H3. The first-order valence-electron chi connectivity index (χ1n) is 5.28. The van der Waals surface area contributed by atoms with E-state index in [1.54, 1.807) is 6.92 Å². The fraction of sp³-hybridized carbons (Fsp3) is 0.0833. The molecule has 1 heterocycles. The maximum atomic E-state index is 13.6. The number of hydrogen-bond donors (Lipinski definition) is 1. The summed E-state index contributed by atoms with van der Waals surface area (Å²) in [4.78, 5) is 3.33. The van der Waals surface area contributed by atoms with Crippen LogP contribution in [0.1, 0.15) is 5.56 Å². The van der Waals surface area contributed by atoms with Crippen LogP contribution in [0.5, 0.6) is 0 Å². The largest absolute Gasteiger partial charge is 0.276 e. The van der Waals surface area contributed by atoms with Crippen molar-refractivity contribution in [3.63, 3.8) is 0 Å². The van der Waals surface area contributed by atoms with E-state index in [4.69, 9.17) is 11.6 Å². The lowest BCUT2D eigenvalue weighted by Gasteiger charge is -2.10. The second-order valence-corrected chi connectivity index (χ2v) is 5.95. The second-order valence-electron chi connectivity index (χ2n) is 3.89. The van der Waals surface area contributed by atoms with Crippen LogP contribution in [0.3, 0.4) is 0 Å². The molecule has 2 aromatic rings. The van der Waals surface area contributed by atoms with E-state index in [2.05, 4.69) is 9.71 Å². The number of pyridine rings is 1. The summed E-state index contributed by atoms with van der Waals surface area (Å²) in [5.74, 6) is -0.821. The highest BCUT2D eigenvalue weighted by atomic mass is 35.5. The first kappa shape index (κ1) is 13.8. The third kappa shape index (κ3) is 3.02. The lowest BCUT2D eigenvalue weighted by atomic mass is 10.2. The van der Waals surface area contributed by atoms with E-state index in [1.165, 1.54) is 30.6 Å². The molecule has 0 fully saturated rings. The predicted molar refractivity (Wildman–Crippen MR) is 71.2 cm³/mol. The Bertz CT molecular complexity index is 719. The lowest BCUT2D eigenvalue weighted by Crippen LogP contribution is -2.15. The van der Waals surface area contributed by atoms with Gasteiger partial charge in [0.15, 0.2) is 0 Å². The molecule has 100 valence electrons. The molecule has 0 bridgehead atoms. The van der Waals surface area contributed by atoms with Crippen LogP contribution in [0, 0.1) is 12.7 Å². The van der Waals surface area contributed by atoms with Crippen molar-refractivity contribution in [1.82, 2.24) is 4.98 Å². The highest BCUT2D eigenvalue weighted by molar-refractivity contribution is 7.92. The average molecular weight is 301 g/mol. The summed E-state index contributed by atoms with van der Waals surface area (Å²) >= 11 is 5.83. The van der Waals surface area contributed by atoms with Gasteiger partial charge in [-0.3, -0.25) is 9.71 Å². The molecule has 19 heavy (non-hydrogen) atoms. The molecule has 1 aromatic carbocycles. The fourth-order valence-corrected chi connectivity index (χ4v) is 2.91. The van der Waals surface area contributed by atoms with Crippen molar-refractivity contribution in [2.75, 3.05) is 4.72 Å². The van der Waals surface area contributed by atoms with Crippen molar-refractivity contribution >= 4 is 27.3 Å². The number of hydrogen-bond acceptors (Lipinski definition) is 3.